The van der Waals surface area contributed by atoms with Gasteiger partial charge in [0.1, 0.15) is 0 Å². The molecule has 0 radical (unpaired) electrons. The van der Waals surface area contributed by atoms with Gasteiger partial charge in [0.2, 0.25) is 5.91 Å². The molecular weight excluding hydrogens is 356 g/mol. The number of carbonyl (C=O) groups excluding carboxylic acids is 3. The van der Waals surface area contributed by atoms with Crippen LogP contribution in [0.4, 0.5) is 0 Å². The van der Waals surface area contributed by atoms with Gasteiger partial charge in [-0.25, -0.2) is 0 Å². The molecule has 0 bridgehead atoms. The molecule has 0 saturated carbocycles. The minimum absolute atomic E-state index is 0.00945. The lowest BCUT2D eigenvalue weighted by atomic mass is 10.1. The van der Waals surface area contributed by atoms with E-state index in [4.69, 9.17) is 0 Å². The zero-order chi connectivity index (χ0) is 20.0. The topological polar surface area (TPSA) is 64.2 Å². The van der Waals surface area contributed by atoms with Gasteiger partial charge in [-0.05, 0) is 44.3 Å². The van der Waals surface area contributed by atoms with Crippen LogP contribution in [-0.4, -0.2) is 89.7 Å². The number of hydrogen-bond donors (Lipinski definition) is 0. The lowest BCUT2D eigenvalue weighted by Gasteiger charge is -2.43. The van der Waals surface area contributed by atoms with Crippen molar-refractivity contribution >= 4 is 17.7 Å². The van der Waals surface area contributed by atoms with E-state index in [0.717, 1.165) is 25.1 Å². The highest BCUT2D eigenvalue weighted by Gasteiger charge is 2.40. The standard InChI is InChI=1S/C21H26N4O3/c1-4-19(26)24-12-17(13-24)25-10-15-6-5-14(9-18(15)21(25)28)20(27)23-8-7-16(11-23)22(2)3/h4-6,9,16-17H,1,7-8,10-13H2,2-3H3. The molecule has 148 valence electrons. The average Bonchev–Trinajstić information content (AvgIpc) is 3.26. The Labute approximate surface area is 165 Å². The van der Waals surface area contributed by atoms with Crippen LogP contribution >= 0.6 is 0 Å². The third-order valence-electron chi connectivity index (χ3n) is 6.16. The second-order valence-electron chi connectivity index (χ2n) is 8.06. The predicted molar refractivity (Wildman–Crippen MR) is 105 cm³/mol. The Morgan fingerprint density at radius 3 is 2.57 bits per heavy atom. The minimum atomic E-state index is -0.102. The molecule has 2 saturated heterocycles. The van der Waals surface area contributed by atoms with Crippen molar-refractivity contribution in [3.8, 4) is 0 Å². The lowest BCUT2D eigenvalue weighted by Crippen LogP contribution is -2.60. The summed E-state index contributed by atoms with van der Waals surface area (Å²) >= 11 is 0. The van der Waals surface area contributed by atoms with Crippen molar-refractivity contribution in [1.82, 2.24) is 19.6 Å². The number of nitrogens with zero attached hydrogens (tertiary/aromatic N) is 4. The summed E-state index contributed by atoms with van der Waals surface area (Å²) in [6, 6.07) is 5.88. The fourth-order valence-electron chi connectivity index (χ4n) is 4.24. The lowest BCUT2D eigenvalue weighted by molar-refractivity contribution is -0.132. The first kappa shape index (κ1) is 18.7. The van der Waals surface area contributed by atoms with E-state index < -0.39 is 0 Å². The van der Waals surface area contributed by atoms with Gasteiger partial charge in [-0.15, -0.1) is 0 Å². The summed E-state index contributed by atoms with van der Waals surface area (Å²) in [7, 11) is 4.07. The Hall–Kier alpha value is -2.67. The number of rotatable bonds is 4. The fourth-order valence-corrected chi connectivity index (χ4v) is 4.24. The zero-order valence-corrected chi connectivity index (χ0v) is 16.4. The number of amides is 3. The van der Waals surface area contributed by atoms with Gasteiger partial charge in [0.25, 0.3) is 11.8 Å². The van der Waals surface area contributed by atoms with E-state index in [1.807, 2.05) is 36.0 Å². The quantitative estimate of drug-likeness (QED) is 0.723. The van der Waals surface area contributed by atoms with Gasteiger partial charge < -0.3 is 19.6 Å². The third-order valence-corrected chi connectivity index (χ3v) is 6.16. The molecule has 1 aromatic rings. The van der Waals surface area contributed by atoms with E-state index in [2.05, 4.69) is 11.5 Å². The van der Waals surface area contributed by atoms with Crippen molar-refractivity contribution in [2.75, 3.05) is 40.3 Å². The summed E-state index contributed by atoms with van der Waals surface area (Å²) in [5.41, 5.74) is 2.13. The SMILES string of the molecule is C=CC(=O)N1CC(N2Cc3ccc(C(=O)N4CCC(N(C)C)C4)cc3C2=O)C1. The van der Waals surface area contributed by atoms with Crippen molar-refractivity contribution < 1.29 is 14.4 Å². The van der Waals surface area contributed by atoms with Gasteiger partial charge in [0.05, 0.1) is 6.04 Å². The maximum absolute atomic E-state index is 12.9. The van der Waals surface area contributed by atoms with Crippen LogP contribution in [0.15, 0.2) is 30.9 Å². The van der Waals surface area contributed by atoms with Crippen LogP contribution in [0.5, 0.6) is 0 Å². The summed E-state index contributed by atoms with van der Waals surface area (Å²) in [5, 5.41) is 0. The van der Waals surface area contributed by atoms with Crippen molar-refractivity contribution in [3.05, 3.63) is 47.5 Å². The molecule has 3 aliphatic rings. The fraction of sp³-hybridized carbons (Fsp3) is 0.476. The van der Waals surface area contributed by atoms with E-state index in [-0.39, 0.29) is 23.8 Å². The van der Waals surface area contributed by atoms with Crippen LogP contribution < -0.4 is 0 Å². The van der Waals surface area contributed by atoms with Crippen LogP contribution in [-0.2, 0) is 11.3 Å². The van der Waals surface area contributed by atoms with Gasteiger partial charge in [0, 0.05) is 49.9 Å². The van der Waals surface area contributed by atoms with Crippen molar-refractivity contribution in [2.45, 2.75) is 25.0 Å². The molecule has 28 heavy (non-hydrogen) atoms. The number of carbonyl (C=O) groups is 3. The predicted octanol–water partition coefficient (Wildman–Crippen LogP) is 0.815. The Morgan fingerprint density at radius 2 is 1.93 bits per heavy atom. The van der Waals surface area contributed by atoms with Crippen LogP contribution in [0.2, 0.25) is 0 Å². The van der Waals surface area contributed by atoms with Gasteiger partial charge in [-0.1, -0.05) is 12.6 Å². The summed E-state index contributed by atoms with van der Waals surface area (Å²) in [5.74, 6) is -0.160. The first-order valence-electron chi connectivity index (χ1n) is 9.70. The highest BCUT2D eigenvalue weighted by molar-refractivity contribution is 6.02. The van der Waals surface area contributed by atoms with Crippen molar-refractivity contribution in [1.29, 1.82) is 0 Å². The number of hydrogen-bond acceptors (Lipinski definition) is 4. The Bertz CT molecular complexity index is 844. The Kier molecular flexibility index (Phi) is 4.71. The maximum Gasteiger partial charge on any atom is 0.254 e. The van der Waals surface area contributed by atoms with Crippen molar-refractivity contribution in [3.63, 3.8) is 0 Å². The van der Waals surface area contributed by atoms with E-state index in [1.165, 1.54) is 6.08 Å². The molecule has 7 heteroatoms. The molecule has 4 rings (SSSR count). The van der Waals surface area contributed by atoms with Gasteiger partial charge in [-0.3, -0.25) is 14.4 Å². The molecule has 3 amide bonds. The monoisotopic (exact) mass is 382 g/mol. The zero-order valence-electron chi connectivity index (χ0n) is 16.4. The summed E-state index contributed by atoms with van der Waals surface area (Å²) in [6.07, 6.45) is 2.27. The molecule has 1 unspecified atom stereocenters. The Balaban J connectivity index is 1.44. The van der Waals surface area contributed by atoms with Crippen LogP contribution in [0.1, 0.15) is 32.7 Å². The van der Waals surface area contributed by atoms with E-state index in [1.54, 1.807) is 11.0 Å². The van der Waals surface area contributed by atoms with Gasteiger partial charge in [-0.2, -0.15) is 0 Å². The molecule has 0 N–H and O–H groups in total. The number of likely N-dealkylation sites (tertiary alicyclic amines) is 2. The normalized spacial score (nSPS) is 21.9. The molecule has 1 atom stereocenters. The molecule has 7 nitrogen and oxygen atoms in total. The molecule has 1 aromatic carbocycles. The number of fused-ring (bicyclic) bond motifs is 1. The first-order valence-corrected chi connectivity index (χ1v) is 9.70. The highest BCUT2D eigenvalue weighted by Crippen LogP contribution is 2.29. The van der Waals surface area contributed by atoms with Crippen LogP contribution in [0, 0.1) is 0 Å². The van der Waals surface area contributed by atoms with E-state index in [0.29, 0.717) is 36.8 Å². The third kappa shape index (κ3) is 3.09. The van der Waals surface area contributed by atoms with Gasteiger partial charge >= 0.3 is 0 Å². The average molecular weight is 382 g/mol. The van der Waals surface area contributed by atoms with E-state index in [9.17, 15) is 14.4 Å². The van der Waals surface area contributed by atoms with Crippen LogP contribution in [0.3, 0.4) is 0 Å². The van der Waals surface area contributed by atoms with Crippen LogP contribution in [0.25, 0.3) is 0 Å². The molecule has 3 aliphatic heterocycles. The largest absolute Gasteiger partial charge is 0.337 e. The summed E-state index contributed by atoms with van der Waals surface area (Å²) in [6.45, 7) is 6.57. The first-order chi connectivity index (χ1) is 13.4. The maximum atomic E-state index is 12.9. The van der Waals surface area contributed by atoms with E-state index >= 15 is 0 Å². The minimum Gasteiger partial charge on any atom is -0.337 e. The molecule has 3 heterocycles. The number of benzene rings is 1. The smallest absolute Gasteiger partial charge is 0.254 e. The second-order valence-corrected chi connectivity index (χ2v) is 8.06. The second kappa shape index (κ2) is 7.05. The summed E-state index contributed by atoms with van der Waals surface area (Å²) in [4.78, 5) is 44.9. The molecule has 2 fully saturated rings. The van der Waals surface area contributed by atoms with Gasteiger partial charge in [0.15, 0.2) is 0 Å². The molecule has 0 aliphatic carbocycles. The van der Waals surface area contributed by atoms with Crippen molar-refractivity contribution in [2.24, 2.45) is 0 Å². The number of likely N-dealkylation sites (N-methyl/N-ethyl adjacent to an activating group) is 1. The Morgan fingerprint density at radius 1 is 1.18 bits per heavy atom. The molecular formula is C21H26N4O3. The summed E-state index contributed by atoms with van der Waals surface area (Å²) < 4.78 is 0. The highest BCUT2D eigenvalue weighted by atomic mass is 16.2. The molecule has 0 spiro atoms. The molecule has 0 aromatic heterocycles.